The van der Waals surface area contributed by atoms with E-state index < -0.39 is 0 Å². The molecule has 0 fully saturated rings. The van der Waals surface area contributed by atoms with Crippen LogP contribution in [0.4, 0.5) is 5.69 Å². The lowest BCUT2D eigenvalue weighted by Crippen LogP contribution is -2.32. The van der Waals surface area contributed by atoms with Gasteiger partial charge < -0.3 is 5.32 Å². The molecule has 0 atom stereocenters. The lowest BCUT2D eigenvalue weighted by molar-refractivity contribution is -0.119. The molecule has 1 aromatic carbocycles. The molecule has 1 N–H and O–H groups in total. The van der Waals surface area contributed by atoms with Gasteiger partial charge in [-0.05, 0) is 25.5 Å². The van der Waals surface area contributed by atoms with Crippen LogP contribution in [0.2, 0.25) is 0 Å². The number of hydrogen-bond acceptors (Lipinski definition) is 2. The van der Waals surface area contributed by atoms with Gasteiger partial charge in [-0.1, -0.05) is 18.2 Å². The number of carbonyl (C=O) groups is 1. The summed E-state index contributed by atoms with van der Waals surface area (Å²) in [6, 6.07) is 8.03. The number of carbonyl (C=O) groups excluding carboxylic acids is 1. The van der Waals surface area contributed by atoms with Crippen LogP contribution in [0.15, 0.2) is 24.3 Å². The number of rotatable bonds is 0. The zero-order chi connectivity index (χ0) is 10.2. The Morgan fingerprint density at radius 2 is 2.00 bits per heavy atom. The molecule has 74 valence electrons. The first-order chi connectivity index (χ1) is 6.57. The third kappa shape index (κ3) is 1.79. The van der Waals surface area contributed by atoms with E-state index in [4.69, 9.17) is 0 Å². The van der Waals surface area contributed by atoms with E-state index >= 15 is 0 Å². The van der Waals surface area contributed by atoms with Crippen molar-refractivity contribution >= 4 is 11.5 Å². The van der Waals surface area contributed by atoms with Crippen LogP contribution in [0, 0.1) is 0 Å². The van der Waals surface area contributed by atoms with Crippen molar-refractivity contribution in [3.8, 4) is 0 Å². The predicted octanol–water partition coefficient (Wildman–Crippen LogP) is 2.39. The lowest BCUT2D eigenvalue weighted by Gasteiger charge is -2.24. The largest absolute Gasteiger partial charge is 0.379 e. The Balaban J connectivity index is 2.42. The highest BCUT2D eigenvalue weighted by atomic mass is 16.1. The fourth-order valence-corrected chi connectivity index (χ4v) is 1.97. The SMILES string of the molecule is CC1(C)CC(=O)Cc2ccccc2N1. The van der Waals surface area contributed by atoms with Crippen molar-refractivity contribution in [2.24, 2.45) is 0 Å². The van der Waals surface area contributed by atoms with Gasteiger partial charge in [-0.3, -0.25) is 4.79 Å². The molecule has 1 aliphatic heterocycles. The van der Waals surface area contributed by atoms with Crippen LogP contribution in [0.1, 0.15) is 25.8 Å². The van der Waals surface area contributed by atoms with Crippen LogP contribution >= 0.6 is 0 Å². The summed E-state index contributed by atoms with van der Waals surface area (Å²) in [5.74, 6) is 0.312. The maximum atomic E-state index is 11.6. The molecule has 1 heterocycles. The van der Waals surface area contributed by atoms with Crippen LogP contribution in [0.25, 0.3) is 0 Å². The second-order valence-corrected chi connectivity index (χ2v) is 4.56. The highest BCUT2D eigenvalue weighted by Gasteiger charge is 2.26. The Labute approximate surface area is 84.3 Å². The zero-order valence-corrected chi connectivity index (χ0v) is 8.63. The molecular formula is C12H15NO. The van der Waals surface area contributed by atoms with Crippen molar-refractivity contribution in [1.82, 2.24) is 0 Å². The van der Waals surface area contributed by atoms with Crippen molar-refractivity contribution in [2.45, 2.75) is 32.2 Å². The minimum absolute atomic E-state index is 0.121. The van der Waals surface area contributed by atoms with E-state index in [2.05, 4.69) is 19.2 Å². The number of Topliss-reactive ketones (excluding diaryl/α,β-unsaturated/α-hetero) is 1. The maximum Gasteiger partial charge on any atom is 0.139 e. The van der Waals surface area contributed by atoms with E-state index in [0.29, 0.717) is 18.6 Å². The average Bonchev–Trinajstić information content (AvgIpc) is 2.16. The Morgan fingerprint density at radius 1 is 1.29 bits per heavy atom. The molecule has 2 heteroatoms. The van der Waals surface area contributed by atoms with Crippen molar-refractivity contribution < 1.29 is 4.79 Å². The molecule has 0 aromatic heterocycles. The number of ketones is 1. The molecule has 2 nitrogen and oxygen atoms in total. The molecule has 0 aliphatic carbocycles. The van der Waals surface area contributed by atoms with E-state index in [9.17, 15) is 4.79 Å². The monoisotopic (exact) mass is 189 g/mol. The van der Waals surface area contributed by atoms with Crippen LogP contribution in [0.3, 0.4) is 0 Å². The minimum Gasteiger partial charge on any atom is -0.379 e. The first-order valence-corrected chi connectivity index (χ1v) is 4.95. The van der Waals surface area contributed by atoms with Crippen LogP contribution in [0.5, 0.6) is 0 Å². The van der Waals surface area contributed by atoms with Crippen molar-refractivity contribution in [3.63, 3.8) is 0 Å². The van der Waals surface area contributed by atoms with Gasteiger partial charge in [0.25, 0.3) is 0 Å². The first kappa shape index (κ1) is 9.25. The molecule has 0 spiro atoms. The van der Waals surface area contributed by atoms with Gasteiger partial charge in [0.1, 0.15) is 5.78 Å². The predicted molar refractivity (Wildman–Crippen MR) is 57.5 cm³/mol. The summed E-state index contributed by atoms with van der Waals surface area (Å²) in [4.78, 5) is 11.6. The van der Waals surface area contributed by atoms with E-state index in [1.165, 1.54) is 0 Å². The second kappa shape index (κ2) is 3.12. The molecule has 0 radical (unpaired) electrons. The van der Waals surface area contributed by atoms with Gasteiger partial charge in [0.15, 0.2) is 0 Å². The Kier molecular flexibility index (Phi) is 2.06. The zero-order valence-electron chi connectivity index (χ0n) is 8.63. The highest BCUT2D eigenvalue weighted by molar-refractivity contribution is 5.85. The third-order valence-corrected chi connectivity index (χ3v) is 2.52. The summed E-state index contributed by atoms with van der Waals surface area (Å²) >= 11 is 0. The molecular weight excluding hydrogens is 174 g/mol. The van der Waals surface area contributed by atoms with Gasteiger partial charge >= 0.3 is 0 Å². The maximum absolute atomic E-state index is 11.6. The molecule has 14 heavy (non-hydrogen) atoms. The molecule has 0 saturated carbocycles. The Morgan fingerprint density at radius 3 is 2.79 bits per heavy atom. The number of nitrogens with one attached hydrogen (secondary N) is 1. The molecule has 0 amide bonds. The first-order valence-electron chi connectivity index (χ1n) is 4.95. The minimum atomic E-state index is -0.121. The second-order valence-electron chi connectivity index (χ2n) is 4.56. The van der Waals surface area contributed by atoms with E-state index in [1.54, 1.807) is 0 Å². The molecule has 0 unspecified atom stereocenters. The Bertz CT molecular complexity index is 368. The van der Waals surface area contributed by atoms with Crippen molar-refractivity contribution in [1.29, 1.82) is 0 Å². The van der Waals surface area contributed by atoms with Crippen LogP contribution in [-0.4, -0.2) is 11.3 Å². The highest BCUT2D eigenvalue weighted by Crippen LogP contribution is 2.27. The number of benzene rings is 1. The summed E-state index contributed by atoms with van der Waals surface area (Å²) < 4.78 is 0. The number of para-hydroxylation sites is 1. The molecule has 1 aliphatic rings. The van der Waals surface area contributed by atoms with Crippen molar-refractivity contribution in [2.75, 3.05) is 5.32 Å². The summed E-state index contributed by atoms with van der Waals surface area (Å²) in [6.07, 6.45) is 1.16. The van der Waals surface area contributed by atoms with Gasteiger partial charge in [-0.25, -0.2) is 0 Å². The average molecular weight is 189 g/mol. The Hall–Kier alpha value is -1.31. The fraction of sp³-hybridized carbons (Fsp3) is 0.417. The number of hydrogen-bond donors (Lipinski definition) is 1. The normalized spacial score (nSPS) is 19.4. The smallest absolute Gasteiger partial charge is 0.139 e. The van der Waals surface area contributed by atoms with Gasteiger partial charge in [0, 0.05) is 24.1 Å². The third-order valence-electron chi connectivity index (χ3n) is 2.52. The molecule has 0 bridgehead atoms. The van der Waals surface area contributed by atoms with E-state index in [-0.39, 0.29) is 5.54 Å². The quantitative estimate of drug-likeness (QED) is 0.679. The van der Waals surface area contributed by atoms with Crippen molar-refractivity contribution in [3.05, 3.63) is 29.8 Å². The molecule has 1 aromatic rings. The van der Waals surface area contributed by atoms with Crippen LogP contribution in [-0.2, 0) is 11.2 Å². The van der Waals surface area contributed by atoms with Gasteiger partial charge in [0.2, 0.25) is 0 Å². The van der Waals surface area contributed by atoms with E-state index in [0.717, 1.165) is 11.3 Å². The van der Waals surface area contributed by atoms with Gasteiger partial charge in [0.05, 0.1) is 0 Å². The standard InChI is InChI=1S/C12H15NO/c1-12(2)8-10(14)7-9-5-3-4-6-11(9)13-12/h3-6,13H,7-8H2,1-2H3. The van der Waals surface area contributed by atoms with E-state index in [1.807, 2.05) is 24.3 Å². The van der Waals surface area contributed by atoms with Gasteiger partial charge in [-0.15, -0.1) is 0 Å². The number of fused-ring (bicyclic) bond motifs is 1. The summed E-state index contributed by atoms with van der Waals surface area (Å²) in [5.41, 5.74) is 2.09. The fourth-order valence-electron chi connectivity index (χ4n) is 1.97. The van der Waals surface area contributed by atoms with Crippen LogP contribution < -0.4 is 5.32 Å². The topological polar surface area (TPSA) is 29.1 Å². The summed E-state index contributed by atoms with van der Waals surface area (Å²) in [6.45, 7) is 4.12. The van der Waals surface area contributed by atoms with Gasteiger partial charge in [-0.2, -0.15) is 0 Å². The summed E-state index contributed by atoms with van der Waals surface area (Å²) in [7, 11) is 0. The summed E-state index contributed by atoms with van der Waals surface area (Å²) in [5, 5.41) is 3.41. The molecule has 0 saturated heterocycles. The lowest BCUT2D eigenvalue weighted by atomic mass is 9.97. The number of anilines is 1. The molecule has 2 rings (SSSR count).